The van der Waals surface area contributed by atoms with Crippen LogP contribution in [0.1, 0.15) is 25.3 Å². The quantitative estimate of drug-likeness (QED) is 0.905. The van der Waals surface area contributed by atoms with E-state index in [-0.39, 0.29) is 6.03 Å². The first-order chi connectivity index (χ1) is 7.56. The summed E-state index contributed by atoms with van der Waals surface area (Å²) >= 11 is 3.40. The van der Waals surface area contributed by atoms with Gasteiger partial charge in [-0.3, -0.25) is 4.90 Å². The number of rotatable bonds is 4. The summed E-state index contributed by atoms with van der Waals surface area (Å²) in [5.74, 6) is 0. The molecule has 0 aliphatic carbocycles. The van der Waals surface area contributed by atoms with Gasteiger partial charge in [-0.2, -0.15) is 0 Å². The van der Waals surface area contributed by atoms with Crippen molar-refractivity contribution in [3.63, 3.8) is 0 Å². The Bertz CT molecular complexity index is 379. The third kappa shape index (κ3) is 3.23. The minimum Gasteiger partial charge on any atom is -0.351 e. The lowest BCUT2D eigenvalue weighted by molar-refractivity contribution is 0.254. The Hall–Kier alpha value is -1.03. The van der Waals surface area contributed by atoms with Crippen LogP contribution in [-0.4, -0.2) is 12.6 Å². The highest BCUT2D eigenvalue weighted by Crippen LogP contribution is 2.24. The fourth-order valence-corrected chi connectivity index (χ4v) is 2.06. The van der Waals surface area contributed by atoms with Crippen LogP contribution < -0.4 is 10.6 Å². The maximum Gasteiger partial charge on any atom is 0.319 e. The van der Waals surface area contributed by atoms with Gasteiger partial charge in [-0.15, -0.1) is 0 Å². The van der Waals surface area contributed by atoms with Gasteiger partial charge in [0.1, 0.15) is 0 Å². The van der Waals surface area contributed by atoms with Crippen molar-refractivity contribution in [3.05, 3.63) is 28.2 Å². The molecule has 0 aliphatic rings. The SMILES string of the molecule is CCCCN(C(N)=O)c1ccc(Br)cc1C. The van der Waals surface area contributed by atoms with Gasteiger partial charge in [-0.1, -0.05) is 29.3 Å². The van der Waals surface area contributed by atoms with E-state index in [1.165, 1.54) is 0 Å². The van der Waals surface area contributed by atoms with Crippen molar-refractivity contribution >= 4 is 27.6 Å². The number of hydrogen-bond acceptors (Lipinski definition) is 1. The van der Waals surface area contributed by atoms with E-state index < -0.39 is 0 Å². The van der Waals surface area contributed by atoms with Gasteiger partial charge in [0.25, 0.3) is 0 Å². The van der Waals surface area contributed by atoms with Gasteiger partial charge in [-0.05, 0) is 37.1 Å². The third-order valence-electron chi connectivity index (χ3n) is 2.45. The van der Waals surface area contributed by atoms with Gasteiger partial charge in [-0.25, -0.2) is 4.79 Å². The highest BCUT2D eigenvalue weighted by atomic mass is 79.9. The molecule has 0 atom stereocenters. The summed E-state index contributed by atoms with van der Waals surface area (Å²) in [7, 11) is 0. The van der Waals surface area contributed by atoms with Crippen molar-refractivity contribution in [2.75, 3.05) is 11.4 Å². The molecule has 0 saturated carbocycles. The number of hydrogen-bond donors (Lipinski definition) is 1. The molecule has 2 N–H and O–H groups in total. The van der Waals surface area contributed by atoms with Crippen LogP contribution in [0.4, 0.5) is 10.5 Å². The summed E-state index contributed by atoms with van der Waals surface area (Å²) in [5, 5.41) is 0. The van der Waals surface area contributed by atoms with Crippen LogP contribution in [-0.2, 0) is 0 Å². The maximum absolute atomic E-state index is 11.4. The van der Waals surface area contributed by atoms with Gasteiger partial charge in [0.15, 0.2) is 0 Å². The molecule has 0 spiro atoms. The largest absolute Gasteiger partial charge is 0.351 e. The van der Waals surface area contributed by atoms with Crippen molar-refractivity contribution in [1.29, 1.82) is 0 Å². The van der Waals surface area contributed by atoms with Crippen LogP contribution in [0.25, 0.3) is 0 Å². The molecule has 0 aliphatic heterocycles. The number of primary amides is 1. The number of nitrogens with zero attached hydrogens (tertiary/aromatic N) is 1. The lowest BCUT2D eigenvalue weighted by Gasteiger charge is -2.22. The Morgan fingerprint density at radius 1 is 1.50 bits per heavy atom. The molecule has 0 aromatic heterocycles. The topological polar surface area (TPSA) is 46.3 Å². The minimum atomic E-state index is -0.390. The van der Waals surface area contributed by atoms with Gasteiger partial charge in [0, 0.05) is 16.7 Å². The summed E-state index contributed by atoms with van der Waals surface area (Å²) in [6.45, 7) is 4.74. The fraction of sp³-hybridized carbons (Fsp3) is 0.417. The Kier molecular flexibility index (Phi) is 4.80. The molecule has 0 radical (unpaired) electrons. The van der Waals surface area contributed by atoms with E-state index in [9.17, 15) is 4.79 Å². The molecular weight excluding hydrogens is 268 g/mol. The number of halogens is 1. The number of anilines is 1. The summed E-state index contributed by atoms with van der Waals surface area (Å²) < 4.78 is 1.01. The summed E-state index contributed by atoms with van der Waals surface area (Å²) in [4.78, 5) is 13.0. The summed E-state index contributed by atoms with van der Waals surface area (Å²) in [5.41, 5.74) is 7.33. The van der Waals surface area contributed by atoms with Gasteiger partial charge in [0.2, 0.25) is 0 Å². The number of aryl methyl sites for hydroxylation is 1. The monoisotopic (exact) mass is 284 g/mol. The standard InChI is InChI=1S/C12H17BrN2O/c1-3-4-7-15(12(14)16)11-6-5-10(13)8-9(11)2/h5-6,8H,3-4,7H2,1-2H3,(H2,14,16). The van der Waals surface area contributed by atoms with Gasteiger partial charge in [0.05, 0.1) is 0 Å². The average molecular weight is 285 g/mol. The molecule has 88 valence electrons. The lowest BCUT2D eigenvalue weighted by atomic mass is 10.1. The van der Waals surface area contributed by atoms with Crippen LogP contribution in [0, 0.1) is 6.92 Å². The van der Waals surface area contributed by atoms with Crippen molar-refractivity contribution < 1.29 is 4.79 Å². The van der Waals surface area contributed by atoms with Crippen molar-refractivity contribution in [2.24, 2.45) is 5.73 Å². The Labute approximate surface area is 105 Å². The van der Waals surface area contributed by atoms with Crippen molar-refractivity contribution in [3.8, 4) is 0 Å². The number of nitrogens with two attached hydrogens (primary N) is 1. The van der Waals surface area contributed by atoms with Crippen molar-refractivity contribution in [2.45, 2.75) is 26.7 Å². The Balaban J connectivity index is 2.96. The fourth-order valence-electron chi connectivity index (χ4n) is 1.59. The smallest absolute Gasteiger partial charge is 0.319 e. The first-order valence-corrected chi connectivity index (χ1v) is 6.18. The Morgan fingerprint density at radius 2 is 2.19 bits per heavy atom. The second kappa shape index (κ2) is 5.89. The van der Waals surface area contributed by atoms with Crippen LogP contribution in [0.3, 0.4) is 0 Å². The zero-order chi connectivity index (χ0) is 12.1. The molecule has 1 rings (SSSR count). The van der Waals surface area contributed by atoms with Crippen LogP contribution in [0.5, 0.6) is 0 Å². The second-order valence-corrected chi connectivity index (χ2v) is 4.69. The zero-order valence-corrected chi connectivity index (χ0v) is 11.3. The number of amides is 2. The van der Waals surface area contributed by atoms with E-state index in [0.717, 1.165) is 28.6 Å². The molecular formula is C12H17BrN2O. The molecule has 1 aromatic rings. The highest BCUT2D eigenvalue weighted by Gasteiger charge is 2.13. The molecule has 0 fully saturated rings. The van der Waals surface area contributed by atoms with Gasteiger partial charge < -0.3 is 5.73 Å². The van der Waals surface area contributed by atoms with E-state index in [0.29, 0.717) is 6.54 Å². The van der Waals surface area contributed by atoms with Gasteiger partial charge >= 0.3 is 6.03 Å². The molecule has 0 heterocycles. The number of benzene rings is 1. The average Bonchev–Trinajstić information content (AvgIpc) is 2.20. The lowest BCUT2D eigenvalue weighted by Crippen LogP contribution is -2.36. The summed E-state index contributed by atoms with van der Waals surface area (Å²) in [6, 6.07) is 5.43. The molecule has 2 amide bonds. The molecule has 16 heavy (non-hydrogen) atoms. The van der Waals surface area contributed by atoms with Crippen LogP contribution >= 0.6 is 15.9 Å². The minimum absolute atomic E-state index is 0.390. The third-order valence-corrected chi connectivity index (χ3v) is 2.94. The normalized spacial score (nSPS) is 10.2. The first-order valence-electron chi connectivity index (χ1n) is 5.39. The maximum atomic E-state index is 11.4. The molecule has 1 aromatic carbocycles. The first kappa shape index (κ1) is 13.0. The van der Waals surface area contributed by atoms with E-state index in [1.807, 2.05) is 25.1 Å². The predicted molar refractivity (Wildman–Crippen MR) is 70.7 cm³/mol. The van der Waals surface area contributed by atoms with E-state index in [2.05, 4.69) is 22.9 Å². The molecule has 0 unspecified atom stereocenters. The number of unbranched alkanes of at least 4 members (excludes halogenated alkanes) is 1. The zero-order valence-electron chi connectivity index (χ0n) is 9.66. The van der Waals surface area contributed by atoms with Crippen LogP contribution in [0.2, 0.25) is 0 Å². The number of carbonyl (C=O) groups excluding carboxylic acids is 1. The molecule has 0 saturated heterocycles. The molecule has 3 nitrogen and oxygen atoms in total. The summed E-state index contributed by atoms with van der Waals surface area (Å²) in [6.07, 6.45) is 2.00. The number of carbonyl (C=O) groups is 1. The van der Waals surface area contributed by atoms with Crippen LogP contribution in [0.15, 0.2) is 22.7 Å². The molecule has 0 bridgehead atoms. The predicted octanol–water partition coefficient (Wildman–Crippen LogP) is 3.44. The highest BCUT2D eigenvalue weighted by molar-refractivity contribution is 9.10. The second-order valence-electron chi connectivity index (χ2n) is 3.77. The van der Waals surface area contributed by atoms with E-state index >= 15 is 0 Å². The van der Waals surface area contributed by atoms with E-state index in [1.54, 1.807) is 4.90 Å². The van der Waals surface area contributed by atoms with Crippen molar-refractivity contribution in [1.82, 2.24) is 0 Å². The van der Waals surface area contributed by atoms with E-state index in [4.69, 9.17) is 5.73 Å². The number of urea groups is 1. The molecule has 4 heteroatoms. The Morgan fingerprint density at radius 3 is 2.69 bits per heavy atom.